The highest BCUT2D eigenvalue weighted by Crippen LogP contribution is 2.30. The minimum Gasteiger partial charge on any atom is -0.461 e. The van der Waals surface area contributed by atoms with Crippen molar-refractivity contribution in [3.05, 3.63) is 41.5 Å². The second-order valence-electron chi connectivity index (χ2n) is 5.56. The molecule has 1 aliphatic carbocycles. The molecule has 0 spiro atoms. The third kappa shape index (κ3) is 2.74. The maximum Gasteiger partial charge on any atom is 0.229 e. The first-order valence-electron chi connectivity index (χ1n) is 7.31. The summed E-state index contributed by atoms with van der Waals surface area (Å²) in [7, 11) is 0. The second-order valence-corrected chi connectivity index (χ2v) is 5.56. The van der Waals surface area contributed by atoms with Crippen molar-refractivity contribution in [2.24, 2.45) is 0 Å². The fraction of sp³-hybridized carbons (Fsp3) is 0.375. The van der Waals surface area contributed by atoms with E-state index < -0.39 is 43.1 Å². The molecule has 1 aliphatic heterocycles. The number of carbonyl (C=O) groups is 2. The number of ether oxygens (including phenoxy) is 2. The molecule has 128 valence electrons. The number of aliphatic hydroxyl groups excluding tert-OH is 4. The zero-order valence-corrected chi connectivity index (χ0v) is 12.4. The van der Waals surface area contributed by atoms with Gasteiger partial charge in [-0.1, -0.05) is 12.1 Å². The molecule has 8 heteroatoms. The number of hydrogen-bond acceptors (Lipinski definition) is 8. The van der Waals surface area contributed by atoms with Crippen LogP contribution in [-0.4, -0.2) is 69.3 Å². The number of carbonyl (C=O) groups excluding carboxylic acids is 2. The SMILES string of the molecule is O=C1C=CC(=O)c2c(O[C@H]3O[C@H](CO)[C@H](O)[C@H](O)[C@H]3O)cccc21. The van der Waals surface area contributed by atoms with Crippen LogP contribution in [0.4, 0.5) is 0 Å². The Balaban J connectivity index is 1.91. The van der Waals surface area contributed by atoms with E-state index in [2.05, 4.69) is 0 Å². The molecular formula is C16H16O8. The van der Waals surface area contributed by atoms with E-state index in [1.54, 1.807) is 0 Å². The molecule has 1 fully saturated rings. The van der Waals surface area contributed by atoms with Gasteiger partial charge in [-0.25, -0.2) is 0 Å². The third-order valence-electron chi connectivity index (χ3n) is 4.02. The molecule has 0 bridgehead atoms. The Morgan fingerprint density at radius 3 is 2.42 bits per heavy atom. The number of aliphatic hydroxyl groups is 4. The van der Waals surface area contributed by atoms with Crippen LogP contribution in [0.3, 0.4) is 0 Å². The lowest BCUT2D eigenvalue weighted by Crippen LogP contribution is -2.60. The number of fused-ring (bicyclic) bond motifs is 1. The molecule has 3 rings (SSSR count). The van der Waals surface area contributed by atoms with Gasteiger partial charge in [0.05, 0.1) is 12.2 Å². The maximum absolute atomic E-state index is 12.1. The van der Waals surface area contributed by atoms with Gasteiger partial charge in [0.1, 0.15) is 30.2 Å². The van der Waals surface area contributed by atoms with Crippen molar-refractivity contribution in [3.8, 4) is 5.75 Å². The highest BCUT2D eigenvalue weighted by molar-refractivity contribution is 6.23. The van der Waals surface area contributed by atoms with E-state index in [1.165, 1.54) is 18.2 Å². The van der Waals surface area contributed by atoms with Crippen LogP contribution in [0.15, 0.2) is 30.4 Å². The molecule has 1 heterocycles. The second kappa shape index (κ2) is 6.42. The van der Waals surface area contributed by atoms with Crippen LogP contribution >= 0.6 is 0 Å². The molecule has 1 aromatic rings. The lowest BCUT2D eigenvalue weighted by molar-refractivity contribution is -0.277. The van der Waals surface area contributed by atoms with Crippen molar-refractivity contribution in [1.29, 1.82) is 0 Å². The van der Waals surface area contributed by atoms with E-state index in [0.29, 0.717) is 0 Å². The summed E-state index contributed by atoms with van der Waals surface area (Å²) in [5, 5.41) is 38.7. The smallest absolute Gasteiger partial charge is 0.229 e. The molecule has 0 amide bonds. The molecule has 5 atom stereocenters. The molecule has 0 aromatic heterocycles. The molecule has 0 unspecified atom stereocenters. The summed E-state index contributed by atoms with van der Waals surface area (Å²) in [5.74, 6) is -0.798. The van der Waals surface area contributed by atoms with Gasteiger partial charge < -0.3 is 29.9 Å². The molecule has 8 nitrogen and oxygen atoms in total. The van der Waals surface area contributed by atoms with Crippen LogP contribution in [0, 0.1) is 0 Å². The Bertz CT molecular complexity index is 695. The van der Waals surface area contributed by atoms with Crippen LogP contribution in [0.5, 0.6) is 5.75 Å². The number of ketones is 2. The van der Waals surface area contributed by atoms with Crippen LogP contribution in [0.2, 0.25) is 0 Å². The molecular weight excluding hydrogens is 320 g/mol. The van der Waals surface area contributed by atoms with Crippen molar-refractivity contribution < 1.29 is 39.5 Å². The Morgan fingerprint density at radius 1 is 1.00 bits per heavy atom. The van der Waals surface area contributed by atoms with Gasteiger partial charge in [0, 0.05) is 5.56 Å². The van der Waals surface area contributed by atoms with E-state index >= 15 is 0 Å². The molecule has 1 saturated heterocycles. The average molecular weight is 336 g/mol. The van der Waals surface area contributed by atoms with Crippen LogP contribution in [-0.2, 0) is 4.74 Å². The normalized spacial score (nSPS) is 32.6. The van der Waals surface area contributed by atoms with Crippen molar-refractivity contribution in [1.82, 2.24) is 0 Å². The molecule has 1 aromatic carbocycles. The fourth-order valence-corrected chi connectivity index (χ4v) is 2.70. The van der Waals surface area contributed by atoms with Gasteiger partial charge in [0.2, 0.25) is 6.29 Å². The summed E-state index contributed by atoms with van der Waals surface area (Å²) >= 11 is 0. The van der Waals surface area contributed by atoms with Gasteiger partial charge in [-0.05, 0) is 18.2 Å². The highest BCUT2D eigenvalue weighted by atomic mass is 16.7. The predicted molar refractivity (Wildman–Crippen MR) is 78.6 cm³/mol. The largest absolute Gasteiger partial charge is 0.461 e. The molecule has 24 heavy (non-hydrogen) atoms. The molecule has 0 radical (unpaired) electrons. The van der Waals surface area contributed by atoms with E-state index in [9.17, 15) is 30.0 Å². The first-order chi connectivity index (χ1) is 11.4. The van der Waals surface area contributed by atoms with Crippen molar-refractivity contribution in [3.63, 3.8) is 0 Å². The summed E-state index contributed by atoms with van der Waals surface area (Å²) in [5.41, 5.74) is 0.187. The minimum atomic E-state index is -1.61. The van der Waals surface area contributed by atoms with Gasteiger partial charge in [0.25, 0.3) is 0 Å². The van der Waals surface area contributed by atoms with Crippen molar-refractivity contribution in [2.75, 3.05) is 6.61 Å². The number of allylic oxidation sites excluding steroid dienone is 2. The van der Waals surface area contributed by atoms with Gasteiger partial charge in [-0.15, -0.1) is 0 Å². The molecule has 0 saturated carbocycles. The quantitative estimate of drug-likeness (QED) is 0.541. The zero-order valence-electron chi connectivity index (χ0n) is 12.4. The van der Waals surface area contributed by atoms with E-state index in [0.717, 1.165) is 12.2 Å². The first kappa shape index (κ1) is 16.7. The van der Waals surface area contributed by atoms with Crippen molar-refractivity contribution >= 4 is 11.6 Å². The summed E-state index contributed by atoms with van der Waals surface area (Å²) in [6.07, 6.45) is -5.01. The fourth-order valence-electron chi connectivity index (χ4n) is 2.70. The molecule has 2 aliphatic rings. The lowest BCUT2D eigenvalue weighted by Gasteiger charge is -2.39. The van der Waals surface area contributed by atoms with E-state index in [-0.39, 0.29) is 22.7 Å². The van der Waals surface area contributed by atoms with Gasteiger partial charge in [-0.3, -0.25) is 9.59 Å². The zero-order chi connectivity index (χ0) is 17.4. The van der Waals surface area contributed by atoms with Gasteiger partial charge in [0.15, 0.2) is 11.6 Å². The summed E-state index contributed by atoms with van der Waals surface area (Å²) in [6.45, 7) is -0.599. The standard InChI is InChI=1S/C16H16O8/c17-6-11-13(20)14(21)15(22)16(24-11)23-10-3-1-2-7-8(18)4-5-9(19)12(7)10/h1-5,11,13-17,20-22H,6H2/t11-,13+,14+,15-,16+/m1/s1. The Kier molecular flexibility index (Phi) is 4.48. The van der Waals surface area contributed by atoms with Gasteiger partial charge >= 0.3 is 0 Å². The first-order valence-corrected chi connectivity index (χ1v) is 7.31. The summed E-state index contributed by atoms with van der Waals surface area (Å²) in [6, 6.07) is 4.40. The van der Waals surface area contributed by atoms with Crippen LogP contribution < -0.4 is 4.74 Å². The Labute approximate surface area is 136 Å². The van der Waals surface area contributed by atoms with Crippen LogP contribution in [0.1, 0.15) is 20.7 Å². The molecule has 4 N–H and O–H groups in total. The van der Waals surface area contributed by atoms with E-state index in [1.807, 2.05) is 0 Å². The summed E-state index contributed by atoms with van der Waals surface area (Å²) in [4.78, 5) is 23.9. The highest BCUT2D eigenvalue weighted by Gasteiger charge is 2.45. The number of benzene rings is 1. The number of rotatable bonds is 3. The van der Waals surface area contributed by atoms with Crippen molar-refractivity contribution in [2.45, 2.75) is 30.7 Å². The summed E-state index contributed by atoms with van der Waals surface area (Å²) < 4.78 is 10.7. The topological polar surface area (TPSA) is 134 Å². The monoisotopic (exact) mass is 336 g/mol. The predicted octanol–water partition coefficient (Wildman–Crippen LogP) is -1.20. The van der Waals surface area contributed by atoms with Crippen LogP contribution in [0.25, 0.3) is 0 Å². The average Bonchev–Trinajstić information content (AvgIpc) is 2.58. The third-order valence-corrected chi connectivity index (χ3v) is 4.02. The Hall–Kier alpha value is -2.10. The lowest BCUT2D eigenvalue weighted by atomic mass is 9.94. The van der Waals surface area contributed by atoms with E-state index in [4.69, 9.17) is 9.47 Å². The Morgan fingerprint density at radius 2 is 1.71 bits per heavy atom. The van der Waals surface area contributed by atoms with Gasteiger partial charge in [-0.2, -0.15) is 0 Å². The maximum atomic E-state index is 12.1. The minimum absolute atomic E-state index is 0.000436. The number of hydrogen-bond donors (Lipinski definition) is 4.